The third-order valence-corrected chi connectivity index (χ3v) is 2.79. The zero-order valence-electron chi connectivity index (χ0n) is 10.0. The Labute approximate surface area is 99.6 Å². The summed E-state index contributed by atoms with van der Waals surface area (Å²) in [6.45, 7) is 5.04. The van der Waals surface area contributed by atoms with E-state index in [9.17, 15) is 4.79 Å². The summed E-state index contributed by atoms with van der Waals surface area (Å²) in [6.07, 6.45) is 1.95. The summed E-state index contributed by atoms with van der Waals surface area (Å²) in [5.41, 5.74) is 0. The van der Waals surface area contributed by atoms with Crippen molar-refractivity contribution >= 4 is 5.97 Å². The Balaban J connectivity index is 2.08. The number of hydrogen-bond acceptors (Lipinski definition) is 4. The minimum atomic E-state index is -0.901. The number of carboxylic acids is 1. The zero-order valence-corrected chi connectivity index (χ0v) is 10.0. The Morgan fingerprint density at radius 3 is 3.00 bits per heavy atom. The van der Waals surface area contributed by atoms with Crippen molar-refractivity contribution in [3.05, 3.63) is 12.2 Å². The van der Waals surface area contributed by atoms with Gasteiger partial charge < -0.3 is 14.4 Å². The van der Waals surface area contributed by atoms with E-state index < -0.39 is 12.1 Å². The Morgan fingerprint density at radius 1 is 1.65 bits per heavy atom. The standard InChI is InChI=1S/C11H17N3O3/c1-7(2)5-14-6-12-13-10(14)8-3-4-9(17-8)11(15)16/h6-9H,3-5H2,1-2H3,(H,15,16). The number of aliphatic carboxylic acids is 1. The maximum absolute atomic E-state index is 10.8. The van der Waals surface area contributed by atoms with Gasteiger partial charge in [0.05, 0.1) is 0 Å². The predicted octanol–water partition coefficient (Wildman–Crippen LogP) is 1.24. The maximum atomic E-state index is 10.8. The van der Waals surface area contributed by atoms with Crippen LogP contribution in [-0.4, -0.2) is 31.9 Å². The van der Waals surface area contributed by atoms with Crippen LogP contribution in [0.5, 0.6) is 0 Å². The van der Waals surface area contributed by atoms with Crippen LogP contribution >= 0.6 is 0 Å². The summed E-state index contributed by atoms with van der Waals surface area (Å²) < 4.78 is 7.41. The molecule has 6 heteroatoms. The Morgan fingerprint density at radius 2 is 2.41 bits per heavy atom. The number of aromatic nitrogens is 3. The van der Waals surface area contributed by atoms with Crippen molar-refractivity contribution in [2.24, 2.45) is 5.92 Å². The van der Waals surface area contributed by atoms with Crippen LogP contribution in [0.1, 0.15) is 38.6 Å². The molecule has 2 unspecified atom stereocenters. The van der Waals surface area contributed by atoms with Crippen molar-refractivity contribution in [2.45, 2.75) is 45.4 Å². The van der Waals surface area contributed by atoms with E-state index in [0.29, 0.717) is 18.8 Å². The molecule has 2 atom stereocenters. The van der Waals surface area contributed by atoms with Crippen LogP contribution in [0.15, 0.2) is 6.33 Å². The average molecular weight is 239 g/mol. The van der Waals surface area contributed by atoms with E-state index in [4.69, 9.17) is 9.84 Å². The van der Waals surface area contributed by atoms with Gasteiger partial charge in [0.25, 0.3) is 0 Å². The summed E-state index contributed by atoms with van der Waals surface area (Å²) in [7, 11) is 0. The molecular weight excluding hydrogens is 222 g/mol. The van der Waals surface area contributed by atoms with Crippen molar-refractivity contribution in [3.8, 4) is 0 Å². The van der Waals surface area contributed by atoms with Gasteiger partial charge in [-0.1, -0.05) is 13.8 Å². The molecule has 1 N–H and O–H groups in total. The summed E-state index contributed by atoms with van der Waals surface area (Å²) in [4.78, 5) is 10.8. The molecule has 1 saturated heterocycles. The van der Waals surface area contributed by atoms with Gasteiger partial charge in [-0.25, -0.2) is 4.79 Å². The molecule has 0 radical (unpaired) electrons. The van der Waals surface area contributed by atoms with Gasteiger partial charge in [-0.15, -0.1) is 10.2 Å². The highest BCUT2D eigenvalue weighted by Crippen LogP contribution is 2.31. The van der Waals surface area contributed by atoms with E-state index in [1.807, 2.05) is 4.57 Å². The Hall–Kier alpha value is -1.43. The van der Waals surface area contributed by atoms with E-state index in [0.717, 1.165) is 12.4 Å². The third kappa shape index (κ3) is 2.63. The summed E-state index contributed by atoms with van der Waals surface area (Å²) in [5, 5.41) is 16.8. The lowest BCUT2D eigenvalue weighted by Gasteiger charge is -2.13. The van der Waals surface area contributed by atoms with Gasteiger partial charge in [-0.2, -0.15) is 0 Å². The van der Waals surface area contributed by atoms with Crippen molar-refractivity contribution in [2.75, 3.05) is 0 Å². The molecule has 2 heterocycles. The van der Waals surface area contributed by atoms with Crippen LogP contribution in [0.4, 0.5) is 0 Å². The molecule has 94 valence electrons. The molecule has 2 rings (SSSR count). The smallest absolute Gasteiger partial charge is 0.332 e. The monoisotopic (exact) mass is 239 g/mol. The first-order valence-electron chi connectivity index (χ1n) is 5.84. The molecule has 0 aliphatic carbocycles. The first-order valence-corrected chi connectivity index (χ1v) is 5.84. The highest BCUT2D eigenvalue weighted by Gasteiger charge is 2.34. The zero-order chi connectivity index (χ0) is 12.4. The average Bonchev–Trinajstić information content (AvgIpc) is 2.83. The Kier molecular flexibility index (Phi) is 3.42. The van der Waals surface area contributed by atoms with Crippen LogP contribution in [0.2, 0.25) is 0 Å². The second kappa shape index (κ2) is 4.83. The van der Waals surface area contributed by atoms with Crippen molar-refractivity contribution in [3.63, 3.8) is 0 Å². The molecule has 1 aliphatic rings. The number of hydrogen-bond donors (Lipinski definition) is 1. The fourth-order valence-electron chi connectivity index (χ4n) is 2.06. The van der Waals surface area contributed by atoms with Crippen LogP contribution in [0.3, 0.4) is 0 Å². The maximum Gasteiger partial charge on any atom is 0.332 e. The Bertz CT molecular complexity index is 402. The highest BCUT2D eigenvalue weighted by molar-refractivity contribution is 5.72. The van der Waals surface area contributed by atoms with Gasteiger partial charge >= 0.3 is 5.97 Å². The van der Waals surface area contributed by atoms with E-state index in [-0.39, 0.29) is 6.10 Å². The lowest BCUT2D eigenvalue weighted by Crippen LogP contribution is -2.19. The van der Waals surface area contributed by atoms with Gasteiger partial charge in [0.1, 0.15) is 12.4 Å². The van der Waals surface area contributed by atoms with E-state index in [2.05, 4.69) is 24.0 Å². The number of carbonyl (C=O) groups is 1. The normalized spacial score (nSPS) is 24.4. The summed E-state index contributed by atoms with van der Waals surface area (Å²) in [6, 6.07) is 0. The lowest BCUT2D eigenvalue weighted by atomic mass is 10.2. The molecular formula is C11H17N3O3. The van der Waals surface area contributed by atoms with Gasteiger partial charge in [0.2, 0.25) is 0 Å². The molecule has 0 spiro atoms. The van der Waals surface area contributed by atoms with E-state index in [1.165, 1.54) is 0 Å². The van der Waals surface area contributed by atoms with Gasteiger partial charge in [-0.05, 0) is 18.8 Å². The fourth-order valence-corrected chi connectivity index (χ4v) is 2.06. The second-order valence-corrected chi connectivity index (χ2v) is 4.76. The number of rotatable bonds is 4. The molecule has 0 saturated carbocycles. The van der Waals surface area contributed by atoms with Gasteiger partial charge in [0, 0.05) is 6.54 Å². The highest BCUT2D eigenvalue weighted by atomic mass is 16.5. The van der Waals surface area contributed by atoms with Crippen molar-refractivity contribution in [1.82, 2.24) is 14.8 Å². The molecule has 1 fully saturated rings. The molecule has 0 aromatic carbocycles. The number of carboxylic acid groups (broad SMARTS) is 1. The first-order chi connectivity index (χ1) is 8.08. The van der Waals surface area contributed by atoms with Crippen LogP contribution in [0, 0.1) is 5.92 Å². The largest absolute Gasteiger partial charge is 0.479 e. The van der Waals surface area contributed by atoms with Crippen LogP contribution < -0.4 is 0 Å². The van der Waals surface area contributed by atoms with Crippen LogP contribution in [-0.2, 0) is 16.1 Å². The fraction of sp³-hybridized carbons (Fsp3) is 0.727. The van der Waals surface area contributed by atoms with E-state index in [1.54, 1.807) is 6.33 Å². The molecule has 1 aromatic heterocycles. The quantitative estimate of drug-likeness (QED) is 0.855. The predicted molar refractivity (Wildman–Crippen MR) is 59.3 cm³/mol. The third-order valence-electron chi connectivity index (χ3n) is 2.79. The first kappa shape index (κ1) is 12.0. The van der Waals surface area contributed by atoms with Crippen molar-refractivity contribution < 1.29 is 14.6 Å². The van der Waals surface area contributed by atoms with E-state index >= 15 is 0 Å². The lowest BCUT2D eigenvalue weighted by molar-refractivity contribution is -0.149. The molecule has 0 bridgehead atoms. The molecule has 1 aliphatic heterocycles. The number of ether oxygens (including phenoxy) is 1. The minimum absolute atomic E-state index is 0.239. The summed E-state index contributed by atoms with van der Waals surface area (Å²) >= 11 is 0. The second-order valence-electron chi connectivity index (χ2n) is 4.76. The van der Waals surface area contributed by atoms with Gasteiger partial charge in [0.15, 0.2) is 11.9 Å². The molecule has 6 nitrogen and oxygen atoms in total. The topological polar surface area (TPSA) is 77.2 Å². The molecule has 0 amide bonds. The van der Waals surface area contributed by atoms with Crippen molar-refractivity contribution in [1.29, 1.82) is 0 Å². The SMILES string of the molecule is CC(C)Cn1cnnc1C1CCC(C(=O)O)O1. The minimum Gasteiger partial charge on any atom is -0.479 e. The summed E-state index contributed by atoms with van der Waals surface area (Å²) in [5.74, 6) is 0.325. The van der Waals surface area contributed by atoms with Crippen LogP contribution in [0.25, 0.3) is 0 Å². The molecule has 17 heavy (non-hydrogen) atoms. The van der Waals surface area contributed by atoms with Gasteiger partial charge in [-0.3, -0.25) is 0 Å². The number of nitrogens with zero attached hydrogens (tertiary/aromatic N) is 3. The molecule has 1 aromatic rings.